The number of nitrogens with zero attached hydrogens (tertiary/aromatic N) is 1. The molecule has 2 aliphatic heterocycles. The lowest BCUT2D eigenvalue weighted by Gasteiger charge is -2.37. The number of fused-ring (bicyclic) bond motifs is 1. The molecule has 1 saturated heterocycles. The zero-order valence-corrected chi connectivity index (χ0v) is 10.1. The average Bonchev–Trinajstić information content (AvgIpc) is 2.29. The van der Waals surface area contributed by atoms with Gasteiger partial charge in [0.25, 0.3) is 0 Å². The molecule has 3 heteroatoms. The van der Waals surface area contributed by atoms with Gasteiger partial charge in [0.05, 0.1) is 7.11 Å². The Kier molecular flexibility index (Phi) is 3.99. The van der Waals surface area contributed by atoms with Gasteiger partial charge in [0.15, 0.2) is 0 Å². The summed E-state index contributed by atoms with van der Waals surface area (Å²) in [6.07, 6.45) is 9.48. The Labute approximate surface area is 97.5 Å². The van der Waals surface area contributed by atoms with Gasteiger partial charge >= 0.3 is 5.97 Å². The van der Waals surface area contributed by atoms with Crippen molar-refractivity contribution in [2.45, 2.75) is 44.6 Å². The van der Waals surface area contributed by atoms with Crippen molar-refractivity contribution in [3.8, 4) is 0 Å². The van der Waals surface area contributed by atoms with Crippen LogP contribution in [0, 0.1) is 0 Å². The third-order valence-corrected chi connectivity index (χ3v) is 3.70. The van der Waals surface area contributed by atoms with Crippen molar-refractivity contribution >= 4 is 5.97 Å². The molecule has 2 heterocycles. The number of esters is 1. The van der Waals surface area contributed by atoms with Crippen LogP contribution in [0.3, 0.4) is 0 Å². The van der Waals surface area contributed by atoms with Crippen LogP contribution in [0.5, 0.6) is 0 Å². The third kappa shape index (κ3) is 2.64. The van der Waals surface area contributed by atoms with Gasteiger partial charge in [-0.2, -0.15) is 0 Å². The summed E-state index contributed by atoms with van der Waals surface area (Å²) in [4.78, 5) is 14.1. The van der Waals surface area contributed by atoms with Gasteiger partial charge in [-0.25, -0.2) is 4.79 Å². The minimum Gasteiger partial charge on any atom is -0.466 e. The second-order valence-corrected chi connectivity index (χ2v) is 4.77. The van der Waals surface area contributed by atoms with Gasteiger partial charge in [0.2, 0.25) is 0 Å². The molecule has 0 aromatic rings. The smallest absolute Gasteiger partial charge is 0.334 e. The number of hydrogen-bond acceptors (Lipinski definition) is 3. The first-order valence-corrected chi connectivity index (χ1v) is 6.32. The van der Waals surface area contributed by atoms with Crippen molar-refractivity contribution in [3.05, 3.63) is 11.6 Å². The molecule has 16 heavy (non-hydrogen) atoms. The van der Waals surface area contributed by atoms with Crippen molar-refractivity contribution in [3.63, 3.8) is 0 Å². The number of ether oxygens (including phenoxy) is 1. The lowest BCUT2D eigenvalue weighted by molar-refractivity contribution is -0.136. The van der Waals surface area contributed by atoms with Crippen LogP contribution in [-0.4, -0.2) is 37.1 Å². The standard InChI is InChI=1S/C13H21NO2/c1-16-13(15)11-6-2-3-7-12-8-4-5-9-14(12)10-11/h6,12H,2-5,7-10H2,1H3/b11-6+. The van der Waals surface area contributed by atoms with Gasteiger partial charge in [-0.1, -0.05) is 12.5 Å². The summed E-state index contributed by atoms with van der Waals surface area (Å²) in [6, 6.07) is 0.696. The largest absolute Gasteiger partial charge is 0.466 e. The van der Waals surface area contributed by atoms with E-state index in [0.717, 1.165) is 25.1 Å². The van der Waals surface area contributed by atoms with Crippen molar-refractivity contribution in [2.75, 3.05) is 20.2 Å². The average molecular weight is 223 g/mol. The quantitative estimate of drug-likeness (QED) is 0.638. The second kappa shape index (κ2) is 5.48. The number of allylic oxidation sites excluding steroid dienone is 1. The summed E-state index contributed by atoms with van der Waals surface area (Å²) >= 11 is 0. The maximum Gasteiger partial charge on any atom is 0.334 e. The third-order valence-electron chi connectivity index (χ3n) is 3.70. The summed E-state index contributed by atoms with van der Waals surface area (Å²) in [5.74, 6) is -0.147. The minimum absolute atomic E-state index is 0.147. The van der Waals surface area contributed by atoms with Crippen LogP contribution < -0.4 is 0 Å². The molecule has 2 aliphatic rings. The molecular weight excluding hydrogens is 202 g/mol. The molecule has 0 N–H and O–H groups in total. The molecular formula is C13H21NO2. The maximum atomic E-state index is 11.6. The Morgan fingerprint density at radius 3 is 3.00 bits per heavy atom. The SMILES string of the molecule is COC(=O)/C1=C/CCCC2CCCCN2C1. The highest BCUT2D eigenvalue weighted by Gasteiger charge is 2.25. The predicted molar refractivity (Wildman–Crippen MR) is 63.2 cm³/mol. The molecule has 1 atom stereocenters. The number of rotatable bonds is 1. The highest BCUT2D eigenvalue weighted by atomic mass is 16.5. The molecule has 0 spiro atoms. The number of hydrogen-bond donors (Lipinski definition) is 0. The van der Waals surface area contributed by atoms with Crippen LogP contribution in [0.2, 0.25) is 0 Å². The van der Waals surface area contributed by atoms with E-state index < -0.39 is 0 Å². The molecule has 2 rings (SSSR count). The topological polar surface area (TPSA) is 29.5 Å². The normalized spacial score (nSPS) is 30.6. The van der Waals surface area contributed by atoms with E-state index in [9.17, 15) is 4.79 Å². The first-order valence-electron chi connectivity index (χ1n) is 6.32. The van der Waals surface area contributed by atoms with Gasteiger partial charge in [-0.15, -0.1) is 0 Å². The predicted octanol–water partition coefficient (Wildman–Crippen LogP) is 2.12. The van der Waals surface area contributed by atoms with E-state index in [1.54, 1.807) is 0 Å². The zero-order chi connectivity index (χ0) is 11.4. The molecule has 0 saturated carbocycles. The summed E-state index contributed by atoms with van der Waals surface area (Å²) in [5.41, 5.74) is 0.856. The maximum absolute atomic E-state index is 11.6. The van der Waals surface area contributed by atoms with Crippen LogP contribution in [0.15, 0.2) is 11.6 Å². The molecule has 1 fully saturated rings. The molecule has 1 unspecified atom stereocenters. The number of carbonyl (C=O) groups is 1. The molecule has 0 aliphatic carbocycles. The fourth-order valence-corrected chi connectivity index (χ4v) is 2.79. The Bertz CT molecular complexity index is 286. The number of methoxy groups -OCH3 is 1. The summed E-state index contributed by atoms with van der Waals surface area (Å²) in [6.45, 7) is 1.93. The van der Waals surface area contributed by atoms with Crippen LogP contribution in [0.1, 0.15) is 38.5 Å². The molecule has 0 aromatic carbocycles. The fraction of sp³-hybridized carbons (Fsp3) is 0.769. The lowest BCUT2D eigenvalue weighted by Crippen LogP contribution is -2.42. The number of carbonyl (C=O) groups excluding carboxylic acids is 1. The minimum atomic E-state index is -0.147. The molecule has 90 valence electrons. The Hall–Kier alpha value is -0.830. The van der Waals surface area contributed by atoms with Gasteiger partial charge in [-0.05, 0) is 38.6 Å². The van der Waals surface area contributed by atoms with Gasteiger partial charge in [0, 0.05) is 18.2 Å². The second-order valence-electron chi connectivity index (χ2n) is 4.77. The Balaban J connectivity index is 2.07. The van der Waals surface area contributed by atoms with Crippen LogP contribution >= 0.6 is 0 Å². The number of piperidine rings is 1. The van der Waals surface area contributed by atoms with E-state index in [0.29, 0.717) is 6.04 Å². The summed E-state index contributed by atoms with van der Waals surface area (Å²) in [7, 11) is 1.47. The Morgan fingerprint density at radius 1 is 1.38 bits per heavy atom. The van der Waals surface area contributed by atoms with Crippen LogP contribution in [0.25, 0.3) is 0 Å². The molecule has 3 nitrogen and oxygen atoms in total. The molecule has 0 aromatic heterocycles. The van der Waals surface area contributed by atoms with Crippen molar-refractivity contribution in [2.24, 2.45) is 0 Å². The first kappa shape index (κ1) is 11.6. The van der Waals surface area contributed by atoms with Crippen molar-refractivity contribution in [1.82, 2.24) is 4.90 Å². The Morgan fingerprint density at radius 2 is 2.19 bits per heavy atom. The molecule has 0 amide bonds. The first-order chi connectivity index (χ1) is 7.81. The van der Waals surface area contributed by atoms with E-state index in [1.807, 2.05) is 0 Å². The van der Waals surface area contributed by atoms with Crippen LogP contribution in [-0.2, 0) is 9.53 Å². The highest BCUT2D eigenvalue weighted by molar-refractivity contribution is 5.88. The molecule has 0 bridgehead atoms. The van der Waals surface area contributed by atoms with Gasteiger partial charge in [-0.3, -0.25) is 4.90 Å². The molecule has 0 radical (unpaired) electrons. The van der Waals surface area contributed by atoms with E-state index in [2.05, 4.69) is 11.0 Å². The van der Waals surface area contributed by atoms with Gasteiger partial charge < -0.3 is 4.74 Å². The fourth-order valence-electron chi connectivity index (χ4n) is 2.79. The van der Waals surface area contributed by atoms with E-state index in [-0.39, 0.29) is 5.97 Å². The monoisotopic (exact) mass is 223 g/mol. The van der Waals surface area contributed by atoms with Gasteiger partial charge in [0.1, 0.15) is 0 Å². The van der Waals surface area contributed by atoms with Crippen LogP contribution in [0.4, 0.5) is 0 Å². The highest BCUT2D eigenvalue weighted by Crippen LogP contribution is 2.24. The lowest BCUT2D eigenvalue weighted by atomic mass is 9.94. The summed E-state index contributed by atoms with van der Waals surface area (Å²) < 4.78 is 4.83. The summed E-state index contributed by atoms with van der Waals surface area (Å²) in [5, 5.41) is 0. The van der Waals surface area contributed by atoms with E-state index in [1.165, 1.54) is 39.2 Å². The van der Waals surface area contributed by atoms with Crippen molar-refractivity contribution in [1.29, 1.82) is 0 Å². The van der Waals surface area contributed by atoms with Crippen molar-refractivity contribution < 1.29 is 9.53 Å². The van der Waals surface area contributed by atoms with E-state index in [4.69, 9.17) is 4.74 Å². The van der Waals surface area contributed by atoms with E-state index >= 15 is 0 Å². The zero-order valence-electron chi connectivity index (χ0n) is 10.1.